The third kappa shape index (κ3) is 9.03. The molecule has 2 fully saturated rings. The van der Waals surface area contributed by atoms with Crippen LogP contribution in [0.2, 0.25) is 16.6 Å². The normalized spacial score (nSPS) is 27.9. The fourth-order valence-electron chi connectivity index (χ4n) is 10.4. The van der Waals surface area contributed by atoms with Crippen LogP contribution in [-0.4, -0.2) is 91.2 Å². The van der Waals surface area contributed by atoms with Crippen LogP contribution in [0.25, 0.3) is 0 Å². The summed E-state index contributed by atoms with van der Waals surface area (Å²) in [6, 6.07) is 16.0. The molecule has 1 saturated carbocycles. The molecule has 9 nitrogen and oxygen atoms in total. The van der Waals surface area contributed by atoms with Crippen LogP contribution in [0, 0.1) is 23.7 Å². The molecule has 0 unspecified atom stereocenters. The van der Waals surface area contributed by atoms with Crippen molar-refractivity contribution < 1.29 is 42.7 Å². The van der Waals surface area contributed by atoms with Gasteiger partial charge in [-0.3, -0.25) is 0 Å². The van der Waals surface area contributed by atoms with E-state index in [2.05, 4.69) is 85.8 Å². The zero-order chi connectivity index (χ0) is 40.8. The predicted octanol–water partition coefficient (Wildman–Crippen LogP) is 8.93. The predicted molar refractivity (Wildman–Crippen MR) is 224 cm³/mol. The largest absolute Gasteiger partial charge is 0.497 e. The van der Waals surface area contributed by atoms with Crippen molar-refractivity contribution in [3.63, 3.8) is 0 Å². The molecule has 4 bridgehead atoms. The van der Waals surface area contributed by atoms with Crippen LogP contribution >= 0.6 is 0 Å². The van der Waals surface area contributed by atoms with E-state index in [0.29, 0.717) is 43.1 Å². The molecule has 2 aliphatic carbocycles. The molecule has 0 aromatic heterocycles. The minimum Gasteiger partial charge on any atom is -0.497 e. The lowest BCUT2D eigenvalue weighted by molar-refractivity contribution is -0.142. The Balaban J connectivity index is 1.52. The molecule has 10 heteroatoms. The van der Waals surface area contributed by atoms with Gasteiger partial charge in [-0.1, -0.05) is 91.0 Å². The Morgan fingerprint density at radius 3 is 1.93 bits per heavy atom. The highest BCUT2D eigenvalue weighted by Gasteiger charge is 2.66. The third-order valence-corrected chi connectivity index (χ3v) is 19.1. The lowest BCUT2D eigenvalue weighted by atomic mass is 9.61. The van der Waals surface area contributed by atoms with Gasteiger partial charge in [-0.2, -0.15) is 0 Å². The second kappa shape index (κ2) is 19.5. The average molecular weight is 795 g/mol. The molecule has 0 spiro atoms. The van der Waals surface area contributed by atoms with E-state index in [1.807, 2.05) is 36.4 Å². The van der Waals surface area contributed by atoms with Crippen molar-refractivity contribution in [2.45, 2.75) is 128 Å². The van der Waals surface area contributed by atoms with Gasteiger partial charge in [0.25, 0.3) is 0 Å². The van der Waals surface area contributed by atoms with E-state index in [4.69, 9.17) is 37.6 Å². The minimum atomic E-state index is -2.33. The SMILES string of the molecule is COC[C@H]1[C@@H](O)[C@@H]2O[C@@]3(/C(C)=C/[C@@H](C)[C@H](OCc4ccc(OC)cc4)[C@H](COC)O[Si](C(C)C)(C(C)C)C(C)C)C=CC[C@@H]2[C@H]3[C@@H]1OCc1ccc(OC)cc1. The molecule has 1 heterocycles. The van der Waals surface area contributed by atoms with Gasteiger partial charge in [0, 0.05) is 32.0 Å². The summed E-state index contributed by atoms with van der Waals surface area (Å²) in [5.41, 5.74) is 3.60. The summed E-state index contributed by atoms with van der Waals surface area (Å²) in [6.45, 7) is 19.9. The van der Waals surface area contributed by atoms with E-state index < -0.39 is 20.0 Å². The quantitative estimate of drug-likeness (QED) is 0.0983. The molecule has 0 radical (unpaired) electrons. The molecular weight excluding hydrogens is 725 g/mol. The van der Waals surface area contributed by atoms with Gasteiger partial charge >= 0.3 is 0 Å². The Morgan fingerprint density at radius 2 is 1.41 bits per heavy atom. The van der Waals surface area contributed by atoms with Crippen LogP contribution in [0.15, 0.2) is 72.3 Å². The van der Waals surface area contributed by atoms with Crippen molar-refractivity contribution in [3.8, 4) is 11.5 Å². The highest BCUT2D eigenvalue weighted by atomic mass is 28.4. The Morgan fingerprint density at radius 1 is 0.839 bits per heavy atom. The molecular formula is C46H70O9Si. The fourth-order valence-corrected chi connectivity index (χ4v) is 16.0. The van der Waals surface area contributed by atoms with Gasteiger partial charge in [-0.25, -0.2) is 0 Å². The Labute approximate surface area is 338 Å². The summed E-state index contributed by atoms with van der Waals surface area (Å²) in [5, 5.41) is 11.9. The number of hydrogen-bond acceptors (Lipinski definition) is 9. The summed E-state index contributed by atoms with van der Waals surface area (Å²) >= 11 is 0. The van der Waals surface area contributed by atoms with Gasteiger partial charge in [0.05, 0.1) is 71.2 Å². The van der Waals surface area contributed by atoms with E-state index in [0.717, 1.165) is 34.6 Å². The number of ether oxygens (including phenoxy) is 7. The molecule has 2 aromatic carbocycles. The number of methoxy groups -OCH3 is 4. The molecule has 5 rings (SSSR count). The maximum absolute atomic E-state index is 11.9. The Bertz CT molecular complexity index is 1550. The first-order valence-corrected chi connectivity index (χ1v) is 22.8. The lowest BCUT2D eigenvalue weighted by Crippen LogP contribution is -2.56. The number of hydrogen-bond donors (Lipinski definition) is 1. The first-order chi connectivity index (χ1) is 26.8. The monoisotopic (exact) mass is 794 g/mol. The zero-order valence-corrected chi connectivity index (χ0v) is 37.0. The van der Waals surface area contributed by atoms with Crippen molar-refractivity contribution >= 4 is 8.32 Å². The highest BCUT2D eigenvalue weighted by molar-refractivity contribution is 6.77. The molecule has 1 N–H and O–H groups in total. The van der Waals surface area contributed by atoms with Gasteiger partial charge in [0.1, 0.15) is 17.1 Å². The molecule has 1 saturated heterocycles. The van der Waals surface area contributed by atoms with E-state index in [1.165, 1.54) is 0 Å². The molecule has 3 aliphatic rings. The van der Waals surface area contributed by atoms with Crippen molar-refractivity contribution in [1.82, 2.24) is 0 Å². The van der Waals surface area contributed by atoms with Gasteiger partial charge < -0.3 is 42.7 Å². The summed E-state index contributed by atoms with van der Waals surface area (Å²) in [5.74, 6) is 1.36. The number of aliphatic hydroxyl groups excluding tert-OH is 1. The second-order valence-electron chi connectivity index (χ2n) is 17.2. The van der Waals surface area contributed by atoms with Crippen molar-refractivity contribution in [2.75, 3.05) is 41.7 Å². The lowest BCUT2D eigenvalue weighted by Gasteiger charge is -2.47. The van der Waals surface area contributed by atoms with Crippen molar-refractivity contribution in [2.24, 2.45) is 23.7 Å². The summed E-state index contributed by atoms with van der Waals surface area (Å²) in [7, 11) is 4.45. The van der Waals surface area contributed by atoms with E-state index in [1.54, 1.807) is 28.4 Å². The molecule has 1 aliphatic heterocycles. The summed E-state index contributed by atoms with van der Waals surface area (Å²) < 4.78 is 51.0. The van der Waals surface area contributed by atoms with Crippen LogP contribution in [0.5, 0.6) is 11.5 Å². The van der Waals surface area contributed by atoms with Crippen LogP contribution in [0.4, 0.5) is 0 Å². The van der Waals surface area contributed by atoms with E-state index in [9.17, 15) is 5.11 Å². The van der Waals surface area contributed by atoms with Crippen LogP contribution in [0.3, 0.4) is 0 Å². The molecule has 2 aromatic rings. The minimum absolute atomic E-state index is 0.0182. The number of allylic oxidation sites excluding steroid dienone is 1. The maximum atomic E-state index is 11.9. The summed E-state index contributed by atoms with van der Waals surface area (Å²) in [4.78, 5) is 0. The zero-order valence-electron chi connectivity index (χ0n) is 36.0. The second-order valence-corrected chi connectivity index (χ2v) is 22.6. The number of benzene rings is 2. The summed E-state index contributed by atoms with van der Waals surface area (Å²) in [6.07, 6.45) is 5.59. The van der Waals surface area contributed by atoms with Gasteiger partial charge in [-0.15, -0.1) is 0 Å². The van der Waals surface area contributed by atoms with E-state index >= 15 is 0 Å². The number of rotatable bonds is 21. The van der Waals surface area contributed by atoms with E-state index in [-0.39, 0.29) is 48.1 Å². The highest BCUT2D eigenvalue weighted by Crippen LogP contribution is 2.58. The maximum Gasteiger partial charge on any atom is 0.201 e. The first kappa shape index (κ1) is 44.6. The fraction of sp³-hybridized carbons (Fsp3) is 0.652. The van der Waals surface area contributed by atoms with Gasteiger partial charge in [0.2, 0.25) is 8.32 Å². The van der Waals surface area contributed by atoms with Crippen molar-refractivity contribution in [1.29, 1.82) is 0 Å². The van der Waals surface area contributed by atoms with Crippen LogP contribution < -0.4 is 9.47 Å². The first-order valence-electron chi connectivity index (χ1n) is 20.6. The average Bonchev–Trinajstić information content (AvgIpc) is 3.30. The Hall–Kier alpha value is -2.54. The molecule has 312 valence electrons. The third-order valence-electron chi connectivity index (χ3n) is 13.0. The van der Waals surface area contributed by atoms with Crippen LogP contribution in [0.1, 0.15) is 72.9 Å². The van der Waals surface area contributed by atoms with Crippen LogP contribution in [-0.2, 0) is 41.3 Å². The Kier molecular flexibility index (Phi) is 15.5. The van der Waals surface area contributed by atoms with Gasteiger partial charge in [0.15, 0.2) is 0 Å². The smallest absolute Gasteiger partial charge is 0.201 e. The molecule has 56 heavy (non-hydrogen) atoms. The number of aliphatic hydroxyl groups is 1. The van der Waals surface area contributed by atoms with Crippen molar-refractivity contribution in [3.05, 3.63) is 83.5 Å². The topological polar surface area (TPSA) is 94.1 Å². The molecule has 10 atom stereocenters. The standard InChI is InChI=1S/C46H70O9Si/c1-29(2)56(30(3)4,31(5)6)55-40(28-49-10)43(52-25-34-15-19-36(50-11)20-16-34)32(7)24-33(8)46-23-13-14-38-41(46)44(39(27-48-9)42(47)45(38)54-46)53-26-35-17-21-37(51-12)22-18-35/h13,15-24,29-32,38-45,47H,14,25-28H2,1-12H3/b33-24+/t32-,38-,39+,40+,41+,42-,43+,44-,45-,46-/m1/s1. The van der Waals surface area contributed by atoms with Gasteiger partial charge in [-0.05, 0) is 76.9 Å². The molecule has 0 amide bonds.